The number of imidazole rings is 1. The SMILES string of the molecule is CCc1ccc(OCCn2c(C3CC(=O)N(c4ccc(CC)cc4)C3)nc3ccccc32)cc1. The van der Waals surface area contributed by atoms with Crippen molar-refractivity contribution in [1.82, 2.24) is 9.55 Å². The molecule has 3 aromatic carbocycles. The maximum atomic E-state index is 13.0. The fourth-order valence-electron chi connectivity index (χ4n) is 4.76. The van der Waals surface area contributed by atoms with E-state index in [0.717, 1.165) is 41.1 Å². The fraction of sp³-hybridized carbons (Fsp3) is 0.310. The molecule has 1 aromatic heterocycles. The van der Waals surface area contributed by atoms with E-state index in [2.05, 4.69) is 60.9 Å². The zero-order chi connectivity index (χ0) is 23.5. The number of carbonyl (C=O) groups excluding carboxylic acids is 1. The Labute approximate surface area is 201 Å². The van der Waals surface area contributed by atoms with Gasteiger partial charge in [-0.05, 0) is 60.4 Å². The molecular formula is C29H31N3O2. The van der Waals surface area contributed by atoms with Gasteiger partial charge in [0.15, 0.2) is 0 Å². The molecule has 1 fully saturated rings. The Morgan fingerprint density at radius 3 is 2.29 bits per heavy atom. The molecule has 1 amide bonds. The van der Waals surface area contributed by atoms with Gasteiger partial charge in [-0.25, -0.2) is 4.98 Å². The quantitative estimate of drug-likeness (QED) is 0.341. The lowest BCUT2D eigenvalue weighted by Crippen LogP contribution is -2.24. The minimum atomic E-state index is 0.0505. The molecule has 0 radical (unpaired) electrons. The van der Waals surface area contributed by atoms with Crippen molar-refractivity contribution >= 4 is 22.6 Å². The fourth-order valence-corrected chi connectivity index (χ4v) is 4.76. The minimum Gasteiger partial charge on any atom is -0.492 e. The standard InChI is InChI=1S/C29H31N3O2/c1-3-21-9-13-24(14-10-21)32-20-23(19-28(32)33)29-30-26-7-5-6-8-27(26)31(29)17-18-34-25-15-11-22(4-2)12-16-25/h5-16,23H,3-4,17-20H2,1-2H3. The van der Waals surface area contributed by atoms with E-state index in [1.807, 2.05) is 35.2 Å². The highest BCUT2D eigenvalue weighted by atomic mass is 16.5. The first kappa shape index (κ1) is 22.2. The molecule has 2 heterocycles. The number of amides is 1. The molecule has 0 bridgehead atoms. The van der Waals surface area contributed by atoms with Gasteiger partial charge in [0.25, 0.3) is 0 Å². The zero-order valence-corrected chi connectivity index (χ0v) is 19.9. The van der Waals surface area contributed by atoms with Crippen LogP contribution in [0.1, 0.15) is 43.1 Å². The van der Waals surface area contributed by atoms with Crippen molar-refractivity contribution < 1.29 is 9.53 Å². The summed E-state index contributed by atoms with van der Waals surface area (Å²) in [6.07, 6.45) is 2.48. The Kier molecular flexibility index (Phi) is 6.35. The number of fused-ring (bicyclic) bond motifs is 1. The minimum absolute atomic E-state index is 0.0505. The molecule has 4 aromatic rings. The molecule has 0 spiro atoms. The number of rotatable bonds is 8. The van der Waals surface area contributed by atoms with Gasteiger partial charge in [-0.15, -0.1) is 0 Å². The number of anilines is 1. The average molecular weight is 454 g/mol. The highest BCUT2D eigenvalue weighted by molar-refractivity contribution is 5.96. The van der Waals surface area contributed by atoms with Crippen LogP contribution in [0.3, 0.4) is 0 Å². The second kappa shape index (κ2) is 9.72. The molecule has 5 rings (SSSR count). The van der Waals surface area contributed by atoms with Gasteiger partial charge in [-0.1, -0.05) is 50.2 Å². The third-order valence-corrected chi connectivity index (χ3v) is 6.75. The lowest BCUT2D eigenvalue weighted by atomic mass is 10.1. The monoisotopic (exact) mass is 453 g/mol. The third-order valence-electron chi connectivity index (χ3n) is 6.75. The van der Waals surface area contributed by atoms with Crippen LogP contribution in [0.4, 0.5) is 5.69 Å². The van der Waals surface area contributed by atoms with Crippen molar-refractivity contribution in [2.45, 2.75) is 45.6 Å². The van der Waals surface area contributed by atoms with Gasteiger partial charge in [0.1, 0.15) is 18.2 Å². The molecule has 5 heteroatoms. The van der Waals surface area contributed by atoms with E-state index < -0.39 is 0 Å². The first-order valence-electron chi connectivity index (χ1n) is 12.2. The maximum Gasteiger partial charge on any atom is 0.227 e. The Morgan fingerprint density at radius 1 is 0.912 bits per heavy atom. The number of aromatic nitrogens is 2. The van der Waals surface area contributed by atoms with Gasteiger partial charge in [0, 0.05) is 24.6 Å². The number of nitrogens with zero attached hydrogens (tertiary/aromatic N) is 3. The summed E-state index contributed by atoms with van der Waals surface area (Å²) in [5, 5.41) is 0. The summed E-state index contributed by atoms with van der Waals surface area (Å²) in [7, 11) is 0. The molecule has 0 saturated carbocycles. The van der Waals surface area contributed by atoms with Crippen molar-refractivity contribution in [3.05, 3.63) is 89.7 Å². The van der Waals surface area contributed by atoms with E-state index in [-0.39, 0.29) is 11.8 Å². The number of hydrogen-bond donors (Lipinski definition) is 0. The molecule has 1 unspecified atom stereocenters. The Balaban J connectivity index is 1.36. The molecule has 1 atom stereocenters. The van der Waals surface area contributed by atoms with Crippen molar-refractivity contribution in [3.8, 4) is 5.75 Å². The van der Waals surface area contributed by atoms with Crippen molar-refractivity contribution in [2.75, 3.05) is 18.1 Å². The van der Waals surface area contributed by atoms with Crippen molar-refractivity contribution in [3.63, 3.8) is 0 Å². The van der Waals surface area contributed by atoms with E-state index in [0.29, 0.717) is 26.1 Å². The molecule has 0 aliphatic carbocycles. The second-order valence-electron chi connectivity index (χ2n) is 8.88. The largest absolute Gasteiger partial charge is 0.492 e. The molecular weight excluding hydrogens is 422 g/mol. The van der Waals surface area contributed by atoms with Gasteiger partial charge in [-0.2, -0.15) is 0 Å². The number of para-hydroxylation sites is 2. The Hall–Kier alpha value is -3.60. The van der Waals surface area contributed by atoms with E-state index in [4.69, 9.17) is 9.72 Å². The number of hydrogen-bond acceptors (Lipinski definition) is 3. The summed E-state index contributed by atoms with van der Waals surface area (Å²) in [4.78, 5) is 19.8. The van der Waals surface area contributed by atoms with Crippen LogP contribution in [0.15, 0.2) is 72.8 Å². The van der Waals surface area contributed by atoms with Crippen LogP contribution in [0.5, 0.6) is 5.75 Å². The van der Waals surface area contributed by atoms with Crippen molar-refractivity contribution in [2.24, 2.45) is 0 Å². The van der Waals surface area contributed by atoms with Crippen molar-refractivity contribution in [1.29, 1.82) is 0 Å². The highest BCUT2D eigenvalue weighted by Crippen LogP contribution is 2.33. The lowest BCUT2D eigenvalue weighted by Gasteiger charge is -2.18. The van der Waals surface area contributed by atoms with Gasteiger partial charge < -0.3 is 14.2 Å². The molecule has 34 heavy (non-hydrogen) atoms. The normalized spacial score (nSPS) is 15.9. The molecule has 174 valence electrons. The second-order valence-corrected chi connectivity index (χ2v) is 8.88. The average Bonchev–Trinajstić information content (AvgIpc) is 3.45. The van der Waals surface area contributed by atoms with Gasteiger partial charge in [-0.3, -0.25) is 4.79 Å². The number of benzene rings is 3. The van der Waals surface area contributed by atoms with E-state index >= 15 is 0 Å². The number of ether oxygens (including phenoxy) is 1. The smallest absolute Gasteiger partial charge is 0.227 e. The molecule has 1 aliphatic heterocycles. The predicted molar refractivity (Wildman–Crippen MR) is 137 cm³/mol. The van der Waals surface area contributed by atoms with E-state index in [1.54, 1.807) is 0 Å². The molecule has 1 saturated heterocycles. The van der Waals surface area contributed by atoms with Gasteiger partial charge in [0.05, 0.1) is 17.6 Å². The highest BCUT2D eigenvalue weighted by Gasteiger charge is 2.34. The van der Waals surface area contributed by atoms with E-state index in [1.165, 1.54) is 11.1 Å². The molecule has 1 aliphatic rings. The van der Waals surface area contributed by atoms with Gasteiger partial charge in [0.2, 0.25) is 5.91 Å². The lowest BCUT2D eigenvalue weighted by molar-refractivity contribution is -0.117. The topological polar surface area (TPSA) is 47.4 Å². The van der Waals surface area contributed by atoms with Crippen LogP contribution in [0.2, 0.25) is 0 Å². The Morgan fingerprint density at radius 2 is 1.59 bits per heavy atom. The van der Waals surface area contributed by atoms with Crippen LogP contribution < -0.4 is 9.64 Å². The summed E-state index contributed by atoms with van der Waals surface area (Å²) in [6, 6.07) is 24.8. The Bertz CT molecular complexity index is 1280. The van der Waals surface area contributed by atoms with Crippen LogP contribution in [0.25, 0.3) is 11.0 Å². The zero-order valence-electron chi connectivity index (χ0n) is 19.9. The van der Waals surface area contributed by atoms with Crippen LogP contribution >= 0.6 is 0 Å². The number of aryl methyl sites for hydroxylation is 2. The summed E-state index contributed by atoms with van der Waals surface area (Å²) in [5.74, 6) is 2.04. The summed E-state index contributed by atoms with van der Waals surface area (Å²) < 4.78 is 8.29. The first-order valence-corrected chi connectivity index (χ1v) is 12.2. The van der Waals surface area contributed by atoms with E-state index in [9.17, 15) is 4.79 Å². The van der Waals surface area contributed by atoms with Crippen LogP contribution in [0, 0.1) is 0 Å². The summed E-state index contributed by atoms with van der Waals surface area (Å²) in [5.41, 5.74) is 5.59. The first-order chi connectivity index (χ1) is 16.7. The van der Waals surface area contributed by atoms with Crippen LogP contribution in [-0.4, -0.2) is 28.6 Å². The van der Waals surface area contributed by atoms with Gasteiger partial charge >= 0.3 is 0 Å². The maximum absolute atomic E-state index is 13.0. The number of carbonyl (C=O) groups is 1. The van der Waals surface area contributed by atoms with Crippen LogP contribution in [-0.2, 0) is 24.2 Å². The summed E-state index contributed by atoms with van der Waals surface area (Å²) in [6.45, 7) is 6.16. The third kappa shape index (κ3) is 4.43. The summed E-state index contributed by atoms with van der Waals surface area (Å²) >= 11 is 0. The molecule has 0 N–H and O–H groups in total. The predicted octanol–water partition coefficient (Wildman–Crippen LogP) is 5.76. The molecule has 5 nitrogen and oxygen atoms in total.